The molecule has 3 rings (SSSR count). The van der Waals surface area contributed by atoms with Crippen LogP contribution in [0.4, 0.5) is 0 Å². The topological polar surface area (TPSA) is 53.5 Å². The molecule has 1 aromatic heterocycles. The van der Waals surface area contributed by atoms with Crippen LogP contribution in [0.3, 0.4) is 0 Å². The molecule has 0 N–H and O–H groups in total. The van der Waals surface area contributed by atoms with E-state index in [0.29, 0.717) is 44.9 Å². The second-order valence-electron chi connectivity index (χ2n) is 8.35. The molecule has 1 fully saturated rings. The van der Waals surface area contributed by atoms with Gasteiger partial charge in [-0.15, -0.1) is 6.58 Å². The van der Waals surface area contributed by atoms with Gasteiger partial charge in [0.15, 0.2) is 0 Å². The third-order valence-corrected chi connectivity index (χ3v) is 5.43. The summed E-state index contributed by atoms with van der Waals surface area (Å²) in [6.45, 7) is 10.00. The van der Waals surface area contributed by atoms with Crippen LogP contribution in [-0.4, -0.2) is 52.8 Å². The third kappa shape index (κ3) is 5.56. The molecule has 5 nitrogen and oxygen atoms in total. The number of aromatic nitrogens is 1. The van der Waals surface area contributed by atoms with Crippen LogP contribution >= 0.6 is 0 Å². The van der Waals surface area contributed by atoms with Gasteiger partial charge in [0.1, 0.15) is 0 Å². The fourth-order valence-electron chi connectivity index (χ4n) is 3.93. The van der Waals surface area contributed by atoms with Crippen molar-refractivity contribution in [3.8, 4) is 11.1 Å². The predicted molar refractivity (Wildman–Crippen MR) is 120 cm³/mol. The average Bonchev–Trinajstić information content (AvgIpc) is 2.89. The largest absolute Gasteiger partial charge is 0.340 e. The standard InChI is InChI=1S/C25H31N3O2/c1-4-11-27-12-13-28(24(29)14-19(2)3)18-23(25(27)30)16-20-7-5-8-21(15-20)22-9-6-10-26-17-22/h4-10,15,17,19,23H,1,11-14,16,18H2,2-3H3. The minimum atomic E-state index is -0.257. The van der Waals surface area contributed by atoms with E-state index < -0.39 is 0 Å². The zero-order valence-electron chi connectivity index (χ0n) is 18.0. The highest BCUT2D eigenvalue weighted by atomic mass is 16.2. The number of hydrogen-bond donors (Lipinski definition) is 0. The summed E-state index contributed by atoms with van der Waals surface area (Å²) in [5.41, 5.74) is 3.22. The first-order chi connectivity index (χ1) is 14.5. The summed E-state index contributed by atoms with van der Waals surface area (Å²) in [5.74, 6) is 0.275. The average molecular weight is 406 g/mol. The van der Waals surface area contributed by atoms with Gasteiger partial charge < -0.3 is 9.80 Å². The summed E-state index contributed by atoms with van der Waals surface area (Å²) in [4.78, 5) is 33.9. The Hall–Kier alpha value is -2.95. The molecule has 1 atom stereocenters. The maximum Gasteiger partial charge on any atom is 0.228 e. The molecular weight excluding hydrogens is 374 g/mol. The quantitative estimate of drug-likeness (QED) is 0.658. The molecule has 158 valence electrons. The highest BCUT2D eigenvalue weighted by molar-refractivity contribution is 5.82. The Labute approximate surface area is 179 Å². The lowest BCUT2D eigenvalue weighted by Crippen LogP contribution is -2.38. The van der Waals surface area contributed by atoms with Crippen molar-refractivity contribution in [1.29, 1.82) is 0 Å². The van der Waals surface area contributed by atoms with Gasteiger partial charge in [-0.2, -0.15) is 0 Å². The minimum absolute atomic E-state index is 0.0986. The van der Waals surface area contributed by atoms with Crippen LogP contribution in [0.2, 0.25) is 0 Å². The fourth-order valence-corrected chi connectivity index (χ4v) is 3.93. The molecule has 0 bridgehead atoms. The molecule has 0 saturated carbocycles. The van der Waals surface area contributed by atoms with Crippen molar-refractivity contribution in [1.82, 2.24) is 14.8 Å². The van der Waals surface area contributed by atoms with Crippen LogP contribution in [0.25, 0.3) is 11.1 Å². The van der Waals surface area contributed by atoms with Crippen LogP contribution < -0.4 is 0 Å². The van der Waals surface area contributed by atoms with Crippen molar-refractivity contribution in [2.75, 3.05) is 26.2 Å². The van der Waals surface area contributed by atoms with Crippen molar-refractivity contribution in [2.24, 2.45) is 11.8 Å². The van der Waals surface area contributed by atoms with Gasteiger partial charge in [-0.1, -0.05) is 50.3 Å². The summed E-state index contributed by atoms with van der Waals surface area (Å²) in [5, 5.41) is 0. The minimum Gasteiger partial charge on any atom is -0.340 e. The second-order valence-corrected chi connectivity index (χ2v) is 8.35. The molecule has 2 aromatic rings. The van der Waals surface area contributed by atoms with Crippen LogP contribution in [0.15, 0.2) is 61.4 Å². The Bertz CT molecular complexity index is 879. The molecule has 1 aliphatic rings. The first-order valence-electron chi connectivity index (χ1n) is 10.6. The third-order valence-electron chi connectivity index (χ3n) is 5.43. The van der Waals surface area contributed by atoms with Crippen LogP contribution in [0.5, 0.6) is 0 Å². The SMILES string of the molecule is C=CCN1CCN(C(=O)CC(C)C)CC(Cc2cccc(-c3cccnc3)c2)C1=O. The van der Waals surface area contributed by atoms with Crippen molar-refractivity contribution in [2.45, 2.75) is 26.7 Å². The van der Waals surface area contributed by atoms with Gasteiger partial charge in [-0.3, -0.25) is 14.6 Å². The van der Waals surface area contributed by atoms with E-state index in [2.05, 4.69) is 29.8 Å². The van der Waals surface area contributed by atoms with Gasteiger partial charge >= 0.3 is 0 Å². The first-order valence-corrected chi connectivity index (χ1v) is 10.6. The van der Waals surface area contributed by atoms with Crippen LogP contribution in [0.1, 0.15) is 25.8 Å². The van der Waals surface area contributed by atoms with E-state index in [0.717, 1.165) is 16.7 Å². The molecule has 0 radical (unpaired) electrons. The zero-order chi connectivity index (χ0) is 21.5. The lowest BCUT2D eigenvalue weighted by Gasteiger charge is -2.24. The Morgan fingerprint density at radius 2 is 2.03 bits per heavy atom. The van der Waals surface area contributed by atoms with E-state index in [9.17, 15) is 9.59 Å². The molecule has 1 aliphatic heterocycles. The van der Waals surface area contributed by atoms with Gasteiger partial charge in [0.25, 0.3) is 0 Å². The Kier molecular flexibility index (Phi) is 7.39. The molecule has 1 saturated heterocycles. The Morgan fingerprint density at radius 3 is 2.73 bits per heavy atom. The lowest BCUT2D eigenvalue weighted by molar-refractivity contribution is -0.134. The number of carbonyl (C=O) groups excluding carboxylic acids is 2. The Balaban J connectivity index is 1.82. The van der Waals surface area contributed by atoms with Crippen molar-refractivity contribution in [3.63, 3.8) is 0 Å². The molecular formula is C25H31N3O2. The molecule has 30 heavy (non-hydrogen) atoms. The summed E-state index contributed by atoms with van der Waals surface area (Å²) >= 11 is 0. The summed E-state index contributed by atoms with van der Waals surface area (Å²) < 4.78 is 0. The van der Waals surface area contributed by atoms with Crippen LogP contribution in [-0.2, 0) is 16.0 Å². The summed E-state index contributed by atoms with van der Waals surface area (Å²) in [6, 6.07) is 12.2. The highest BCUT2D eigenvalue weighted by Crippen LogP contribution is 2.23. The second kappa shape index (κ2) is 10.2. The molecule has 0 spiro atoms. The van der Waals surface area contributed by atoms with Gasteiger partial charge in [-0.05, 0) is 35.1 Å². The fraction of sp³-hybridized carbons (Fsp3) is 0.400. The predicted octanol–water partition coefficient (Wildman–Crippen LogP) is 3.81. The summed E-state index contributed by atoms with van der Waals surface area (Å²) in [7, 11) is 0. The van der Waals surface area contributed by atoms with E-state index in [1.807, 2.05) is 48.0 Å². The van der Waals surface area contributed by atoms with E-state index in [-0.39, 0.29) is 17.7 Å². The zero-order valence-corrected chi connectivity index (χ0v) is 18.0. The monoisotopic (exact) mass is 405 g/mol. The number of hydrogen-bond acceptors (Lipinski definition) is 3. The molecule has 1 unspecified atom stereocenters. The highest BCUT2D eigenvalue weighted by Gasteiger charge is 2.32. The Morgan fingerprint density at radius 1 is 1.23 bits per heavy atom. The number of nitrogens with zero attached hydrogens (tertiary/aromatic N) is 3. The van der Waals surface area contributed by atoms with Gasteiger partial charge in [0.05, 0.1) is 5.92 Å². The normalized spacial score (nSPS) is 17.2. The van der Waals surface area contributed by atoms with Crippen LogP contribution in [0, 0.1) is 11.8 Å². The first kappa shape index (κ1) is 21.8. The number of amides is 2. The molecule has 0 aliphatic carbocycles. The molecule has 5 heteroatoms. The number of benzene rings is 1. The van der Waals surface area contributed by atoms with E-state index in [4.69, 9.17) is 0 Å². The van der Waals surface area contributed by atoms with Gasteiger partial charge in [0.2, 0.25) is 11.8 Å². The number of rotatable bonds is 7. The van der Waals surface area contributed by atoms with E-state index in [1.54, 1.807) is 12.3 Å². The van der Waals surface area contributed by atoms with Crippen molar-refractivity contribution in [3.05, 3.63) is 67.0 Å². The lowest BCUT2D eigenvalue weighted by atomic mass is 9.95. The molecule has 1 aromatic carbocycles. The molecule has 2 heterocycles. The van der Waals surface area contributed by atoms with E-state index in [1.165, 1.54) is 0 Å². The maximum absolute atomic E-state index is 13.2. The number of pyridine rings is 1. The van der Waals surface area contributed by atoms with E-state index >= 15 is 0 Å². The number of carbonyl (C=O) groups is 2. The van der Waals surface area contributed by atoms with Gasteiger partial charge in [0, 0.05) is 45.0 Å². The maximum atomic E-state index is 13.2. The van der Waals surface area contributed by atoms with Crippen molar-refractivity contribution < 1.29 is 9.59 Å². The molecule has 2 amide bonds. The van der Waals surface area contributed by atoms with Gasteiger partial charge in [-0.25, -0.2) is 0 Å². The smallest absolute Gasteiger partial charge is 0.228 e. The van der Waals surface area contributed by atoms with Crippen molar-refractivity contribution >= 4 is 11.8 Å². The summed E-state index contributed by atoms with van der Waals surface area (Å²) in [6.07, 6.45) is 6.47.